The van der Waals surface area contributed by atoms with Crippen molar-refractivity contribution >= 4 is 22.6 Å². The highest BCUT2D eigenvalue weighted by molar-refractivity contribution is 5.99. The number of hydrogen-bond acceptors (Lipinski definition) is 6. The van der Waals surface area contributed by atoms with Crippen molar-refractivity contribution in [2.45, 2.75) is 6.54 Å². The molecule has 0 atom stereocenters. The maximum absolute atomic E-state index is 14.7. The Kier molecular flexibility index (Phi) is 5.50. The average molecular weight is 436 g/mol. The van der Waals surface area contributed by atoms with E-state index in [1.807, 2.05) is 0 Å². The Morgan fingerprint density at radius 1 is 1.16 bits per heavy atom. The summed E-state index contributed by atoms with van der Waals surface area (Å²) in [7, 11) is 0. The molecule has 4 aromatic rings. The molecule has 0 unspecified atom stereocenters. The van der Waals surface area contributed by atoms with Gasteiger partial charge in [0, 0.05) is 17.1 Å². The van der Waals surface area contributed by atoms with Gasteiger partial charge in [-0.05, 0) is 12.1 Å². The van der Waals surface area contributed by atoms with Gasteiger partial charge in [-0.2, -0.15) is 5.10 Å². The van der Waals surface area contributed by atoms with E-state index in [4.69, 9.17) is 10.8 Å². The molecule has 2 aromatic carbocycles. The number of aromatic nitrogens is 4. The van der Waals surface area contributed by atoms with Crippen LogP contribution >= 0.6 is 0 Å². The van der Waals surface area contributed by atoms with Crippen LogP contribution in [-0.4, -0.2) is 37.3 Å². The van der Waals surface area contributed by atoms with Crippen molar-refractivity contribution in [1.29, 1.82) is 0 Å². The van der Waals surface area contributed by atoms with Crippen molar-refractivity contribution < 1.29 is 18.7 Å². The fourth-order valence-electron chi connectivity index (χ4n) is 3.22. The maximum atomic E-state index is 14.7. The lowest BCUT2D eigenvalue weighted by molar-refractivity contribution is 0.0952. The van der Waals surface area contributed by atoms with Gasteiger partial charge in [0.05, 0.1) is 18.7 Å². The van der Waals surface area contributed by atoms with E-state index >= 15 is 0 Å². The lowest BCUT2D eigenvalue weighted by Gasteiger charge is -2.07. The Balaban J connectivity index is 1.76. The Morgan fingerprint density at radius 3 is 2.62 bits per heavy atom. The minimum absolute atomic E-state index is 0.00345. The Morgan fingerprint density at radius 2 is 1.91 bits per heavy atom. The summed E-state index contributed by atoms with van der Waals surface area (Å²) in [6, 6.07) is 10.6. The number of amides is 1. The van der Waals surface area contributed by atoms with E-state index in [0.717, 1.165) is 0 Å². The topological polar surface area (TPSA) is 119 Å². The van der Waals surface area contributed by atoms with Gasteiger partial charge in [-0.1, -0.05) is 36.9 Å². The normalized spacial score (nSPS) is 10.9. The number of aliphatic hydroxyl groups is 1. The van der Waals surface area contributed by atoms with Gasteiger partial charge < -0.3 is 16.2 Å². The number of rotatable bonds is 6. The number of aliphatic hydroxyl groups excluding tert-OH is 1. The third-order valence-electron chi connectivity index (χ3n) is 4.73. The Hall–Kier alpha value is -4.34. The van der Waals surface area contributed by atoms with E-state index in [1.54, 1.807) is 24.3 Å². The number of carbonyl (C=O) groups excluding carboxylic acids is 1. The molecule has 0 aliphatic heterocycles. The van der Waals surface area contributed by atoms with Gasteiger partial charge in [0.1, 0.15) is 34.4 Å². The van der Waals surface area contributed by atoms with E-state index < -0.39 is 17.5 Å². The average Bonchev–Trinajstić information content (AvgIpc) is 3.13. The van der Waals surface area contributed by atoms with Crippen LogP contribution in [0.25, 0.3) is 22.4 Å². The molecule has 0 radical (unpaired) electrons. The van der Waals surface area contributed by atoms with E-state index in [9.17, 15) is 13.6 Å². The molecule has 0 aliphatic rings. The van der Waals surface area contributed by atoms with Crippen molar-refractivity contribution in [2.75, 3.05) is 12.3 Å². The molecule has 0 spiro atoms. The predicted molar refractivity (Wildman–Crippen MR) is 115 cm³/mol. The van der Waals surface area contributed by atoms with E-state index in [-0.39, 0.29) is 47.3 Å². The van der Waals surface area contributed by atoms with E-state index in [0.29, 0.717) is 10.9 Å². The van der Waals surface area contributed by atoms with Crippen LogP contribution in [0.4, 0.5) is 14.6 Å². The molecule has 0 saturated heterocycles. The van der Waals surface area contributed by atoms with Gasteiger partial charge in [-0.25, -0.2) is 18.7 Å². The Labute approximate surface area is 181 Å². The van der Waals surface area contributed by atoms with E-state index in [2.05, 4.69) is 27.0 Å². The summed E-state index contributed by atoms with van der Waals surface area (Å²) in [4.78, 5) is 20.5. The molecule has 4 rings (SSSR count). The molecule has 2 heterocycles. The number of nitrogens with one attached hydrogen (secondary N) is 1. The smallest absolute Gasteiger partial charge is 0.256 e. The van der Waals surface area contributed by atoms with Gasteiger partial charge in [0.2, 0.25) is 0 Å². The van der Waals surface area contributed by atoms with Crippen LogP contribution in [0.5, 0.6) is 0 Å². The van der Waals surface area contributed by atoms with Gasteiger partial charge in [-0.3, -0.25) is 9.48 Å². The maximum Gasteiger partial charge on any atom is 0.256 e. The number of anilines is 1. The number of carbonyl (C=O) groups is 1. The van der Waals surface area contributed by atoms with Crippen LogP contribution in [0.3, 0.4) is 0 Å². The summed E-state index contributed by atoms with van der Waals surface area (Å²) in [6.07, 6.45) is 1.22. The molecular formula is C22H18F2N6O2. The highest BCUT2D eigenvalue weighted by Gasteiger charge is 2.20. The zero-order valence-corrected chi connectivity index (χ0v) is 16.7. The van der Waals surface area contributed by atoms with Crippen molar-refractivity contribution in [3.05, 3.63) is 83.8 Å². The SMILES string of the molecule is C=C(O)CNC(=O)c1cnc(-c2nn(Cc3ccccc3F)c3c(F)cccc23)nc1N. The largest absolute Gasteiger partial charge is 0.511 e. The van der Waals surface area contributed by atoms with Crippen molar-refractivity contribution in [1.82, 2.24) is 25.1 Å². The fourth-order valence-corrected chi connectivity index (χ4v) is 3.22. The summed E-state index contributed by atoms with van der Waals surface area (Å²) in [5.74, 6) is -1.83. The number of nitrogens with zero attached hydrogens (tertiary/aromatic N) is 4. The first-order valence-corrected chi connectivity index (χ1v) is 9.51. The minimum atomic E-state index is -0.592. The van der Waals surface area contributed by atoms with Crippen LogP contribution in [0.15, 0.2) is 61.0 Å². The second-order valence-corrected chi connectivity index (χ2v) is 6.98. The summed E-state index contributed by atoms with van der Waals surface area (Å²) < 4.78 is 30.2. The lowest BCUT2D eigenvalue weighted by atomic mass is 10.1. The van der Waals surface area contributed by atoms with Crippen LogP contribution in [0.1, 0.15) is 15.9 Å². The highest BCUT2D eigenvalue weighted by atomic mass is 19.1. The standard InChI is InChI=1S/C22H18F2N6O2/c1-12(31)9-27-22(32)15-10-26-21(28-20(15)25)18-14-6-4-8-17(24)19(14)30(29-18)11-13-5-2-3-7-16(13)23/h2-8,10,31H,1,9,11H2,(H,27,32)(H2,25,26,28). The van der Waals surface area contributed by atoms with Crippen LogP contribution in [0, 0.1) is 11.6 Å². The molecule has 4 N–H and O–H groups in total. The molecule has 10 heteroatoms. The minimum Gasteiger partial charge on any atom is -0.511 e. The molecule has 32 heavy (non-hydrogen) atoms. The lowest BCUT2D eigenvalue weighted by Crippen LogP contribution is -2.26. The molecule has 1 amide bonds. The Bertz CT molecular complexity index is 1350. The molecular weight excluding hydrogens is 418 g/mol. The zero-order chi connectivity index (χ0) is 22.8. The number of nitrogens with two attached hydrogens (primary N) is 1. The van der Waals surface area contributed by atoms with Gasteiger partial charge in [0.25, 0.3) is 5.91 Å². The number of hydrogen-bond donors (Lipinski definition) is 3. The molecule has 0 fully saturated rings. The quantitative estimate of drug-likeness (QED) is 0.400. The van der Waals surface area contributed by atoms with Crippen LogP contribution < -0.4 is 11.1 Å². The van der Waals surface area contributed by atoms with Crippen molar-refractivity contribution in [3.63, 3.8) is 0 Å². The monoisotopic (exact) mass is 436 g/mol. The van der Waals surface area contributed by atoms with Gasteiger partial charge in [-0.15, -0.1) is 0 Å². The molecule has 0 aliphatic carbocycles. The summed E-state index contributed by atoms with van der Waals surface area (Å²) >= 11 is 0. The third kappa shape index (κ3) is 3.97. The first kappa shape index (κ1) is 20.9. The summed E-state index contributed by atoms with van der Waals surface area (Å²) in [5.41, 5.74) is 6.67. The third-order valence-corrected chi connectivity index (χ3v) is 4.73. The summed E-state index contributed by atoms with van der Waals surface area (Å²) in [5, 5.41) is 16.4. The van der Waals surface area contributed by atoms with Crippen LogP contribution in [-0.2, 0) is 6.54 Å². The molecule has 0 saturated carbocycles. The first-order chi connectivity index (χ1) is 15.3. The second kappa shape index (κ2) is 8.42. The molecule has 0 bridgehead atoms. The van der Waals surface area contributed by atoms with E-state index in [1.165, 1.54) is 29.1 Å². The number of fused-ring (bicyclic) bond motifs is 1. The number of para-hydroxylation sites is 1. The summed E-state index contributed by atoms with van der Waals surface area (Å²) in [6.45, 7) is 3.13. The number of benzene rings is 2. The van der Waals surface area contributed by atoms with Crippen LogP contribution in [0.2, 0.25) is 0 Å². The number of nitrogen functional groups attached to an aromatic ring is 1. The molecule has 162 valence electrons. The zero-order valence-electron chi connectivity index (χ0n) is 16.7. The molecule has 2 aromatic heterocycles. The fraction of sp³-hybridized carbons (Fsp3) is 0.0909. The van der Waals surface area contributed by atoms with Crippen molar-refractivity contribution in [2.24, 2.45) is 0 Å². The van der Waals surface area contributed by atoms with Gasteiger partial charge >= 0.3 is 0 Å². The highest BCUT2D eigenvalue weighted by Crippen LogP contribution is 2.29. The first-order valence-electron chi connectivity index (χ1n) is 9.51. The second-order valence-electron chi connectivity index (χ2n) is 6.98. The predicted octanol–water partition coefficient (Wildman–Crippen LogP) is 3.20. The molecule has 8 nitrogen and oxygen atoms in total. The van der Waals surface area contributed by atoms with Gasteiger partial charge in [0.15, 0.2) is 5.82 Å². The van der Waals surface area contributed by atoms with Crippen molar-refractivity contribution in [3.8, 4) is 11.5 Å². The number of halogens is 2.